The van der Waals surface area contributed by atoms with Crippen LogP contribution in [0.4, 0.5) is 26.7 Å². The van der Waals surface area contributed by atoms with Crippen LogP contribution < -0.4 is 5.32 Å². The van der Waals surface area contributed by atoms with Crippen LogP contribution in [0.2, 0.25) is 0 Å². The Morgan fingerprint density at radius 3 is 2.52 bits per heavy atom. The van der Waals surface area contributed by atoms with Crippen LogP contribution in [0.5, 0.6) is 0 Å². The number of halogens is 5. The molecule has 0 atom stereocenters. The van der Waals surface area contributed by atoms with Gasteiger partial charge >= 0.3 is 12.3 Å². The number of rotatable bonds is 4. The molecule has 158 valence electrons. The third-order valence-electron chi connectivity index (χ3n) is 5.57. The van der Waals surface area contributed by atoms with Crippen LogP contribution in [-0.2, 0) is 27.1 Å². The van der Waals surface area contributed by atoms with Gasteiger partial charge in [0, 0.05) is 24.6 Å². The number of amides is 2. The molecule has 2 saturated heterocycles. The highest BCUT2D eigenvalue weighted by atomic mass is 19.4. The minimum atomic E-state index is -4.98. The van der Waals surface area contributed by atoms with E-state index in [1.165, 1.54) is 0 Å². The first-order chi connectivity index (χ1) is 13.6. The van der Waals surface area contributed by atoms with E-state index in [2.05, 4.69) is 5.32 Å². The topological polar surface area (TPSA) is 67.9 Å². The average molecular weight is 420 g/mol. The van der Waals surface area contributed by atoms with E-state index in [4.69, 9.17) is 9.47 Å². The van der Waals surface area contributed by atoms with Gasteiger partial charge in [-0.3, -0.25) is 4.79 Å². The molecule has 29 heavy (non-hydrogen) atoms. The second kappa shape index (κ2) is 6.82. The molecule has 1 aliphatic carbocycles. The fraction of sp³-hybridized carbons (Fsp3) is 0.556. The number of cyclic esters (lactones) is 1. The number of benzene rings is 1. The van der Waals surface area contributed by atoms with Crippen molar-refractivity contribution in [3.8, 4) is 0 Å². The van der Waals surface area contributed by atoms with Crippen LogP contribution in [0.3, 0.4) is 0 Å². The molecule has 1 spiro atoms. The Bertz CT molecular complexity index is 847. The van der Waals surface area contributed by atoms with Crippen LogP contribution in [0.25, 0.3) is 0 Å². The van der Waals surface area contributed by atoms with Gasteiger partial charge in [-0.2, -0.15) is 13.2 Å². The second-order valence-corrected chi connectivity index (χ2v) is 7.66. The molecular formula is C18H17F5N2O4. The number of hydrogen-bond donors (Lipinski definition) is 1. The van der Waals surface area contributed by atoms with Crippen molar-refractivity contribution in [2.75, 3.05) is 19.7 Å². The lowest BCUT2D eigenvalue weighted by Gasteiger charge is -2.47. The third-order valence-corrected chi connectivity index (χ3v) is 5.57. The van der Waals surface area contributed by atoms with Gasteiger partial charge in [0.2, 0.25) is 5.91 Å². The second-order valence-electron chi connectivity index (χ2n) is 7.66. The summed E-state index contributed by atoms with van der Waals surface area (Å²) in [5.41, 5.74) is -2.44. The van der Waals surface area contributed by atoms with Crippen molar-refractivity contribution in [1.82, 2.24) is 10.2 Å². The van der Waals surface area contributed by atoms with Crippen molar-refractivity contribution >= 4 is 12.0 Å². The predicted octanol–water partition coefficient (Wildman–Crippen LogP) is 2.60. The average Bonchev–Trinajstić information content (AvgIpc) is 2.96. The summed E-state index contributed by atoms with van der Waals surface area (Å²) in [6.07, 6.45) is -4.88. The van der Waals surface area contributed by atoms with Crippen molar-refractivity contribution in [2.24, 2.45) is 5.92 Å². The Labute approximate surface area is 161 Å². The SMILES string of the molecule is O=C1N[C@]2(CO1)C[C@@H](C(=O)N1CC(OCc3ccc(C(F)(F)F)c(F)c3F)C1)C2. The Morgan fingerprint density at radius 1 is 1.24 bits per heavy atom. The molecule has 3 fully saturated rings. The standard InChI is InChI=1S/C18H17F5N2O4/c19-13-9(1-2-12(14(13)20)18(21,22)23)7-28-11-5-25(6-11)15(26)10-3-17(4-10)8-29-16(27)24-17/h1-2,10-11H,3-8H2,(H,24,27)/t10-,17-. The molecule has 1 aromatic carbocycles. The number of carbonyl (C=O) groups excluding carboxylic acids is 2. The predicted molar refractivity (Wildman–Crippen MR) is 86.5 cm³/mol. The highest BCUT2D eigenvalue weighted by Gasteiger charge is 2.54. The molecular weight excluding hydrogens is 403 g/mol. The first-order valence-electron chi connectivity index (χ1n) is 8.97. The number of ether oxygens (including phenoxy) is 2. The zero-order chi connectivity index (χ0) is 21.0. The van der Waals surface area contributed by atoms with E-state index in [1.54, 1.807) is 4.90 Å². The summed E-state index contributed by atoms with van der Waals surface area (Å²) in [5, 5.41) is 2.70. The lowest BCUT2D eigenvalue weighted by atomic mass is 9.68. The first kappa shape index (κ1) is 19.9. The molecule has 2 amide bonds. The van der Waals surface area contributed by atoms with Crippen LogP contribution in [0, 0.1) is 17.6 Å². The van der Waals surface area contributed by atoms with Crippen LogP contribution >= 0.6 is 0 Å². The van der Waals surface area contributed by atoms with E-state index in [1.807, 2.05) is 0 Å². The summed E-state index contributed by atoms with van der Waals surface area (Å²) in [7, 11) is 0. The molecule has 0 radical (unpaired) electrons. The van der Waals surface area contributed by atoms with Gasteiger partial charge in [0.15, 0.2) is 11.6 Å². The van der Waals surface area contributed by atoms with Gasteiger partial charge in [0.25, 0.3) is 0 Å². The summed E-state index contributed by atoms with van der Waals surface area (Å²) >= 11 is 0. The third kappa shape index (κ3) is 3.63. The molecule has 2 heterocycles. The van der Waals surface area contributed by atoms with Crippen molar-refractivity contribution < 1.29 is 41.0 Å². The summed E-state index contributed by atoms with van der Waals surface area (Å²) < 4.78 is 75.4. The van der Waals surface area contributed by atoms with Gasteiger partial charge in [-0.25, -0.2) is 13.6 Å². The maximum Gasteiger partial charge on any atom is 0.419 e. The van der Waals surface area contributed by atoms with Crippen molar-refractivity contribution in [2.45, 2.75) is 37.3 Å². The molecule has 0 aromatic heterocycles. The quantitative estimate of drug-likeness (QED) is 0.761. The summed E-state index contributed by atoms with van der Waals surface area (Å²) in [4.78, 5) is 25.1. The fourth-order valence-corrected chi connectivity index (χ4v) is 3.88. The number of nitrogens with zero attached hydrogens (tertiary/aromatic N) is 1. The maximum atomic E-state index is 13.8. The highest BCUT2D eigenvalue weighted by molar-refractivity contribution is 5.82. The Morgan fingerprint density at radius 2 is 1.93 bits per heavy atom. The molecule has 4 rings (SSSR count). The maximum absolute atomic E-state index is 13.8. The van der Waals surface area contributed by atoms with Crippen LogP contribution in [0.1, 0.15) is 24.0 Å². The largest absolute Gasteiger partial charge is 0.447 e. The van der Waals surface area contributed by atoms with E-state index in [0.29, 0.717) is 18.9 Å². The normalized spacial score (nSPS) is 26.7. The van der Waals surface area contributed by atoms with E-state index >= 15 is 0 Å². The van der Waals surface area contributed by atoms with Gasteiger partial charge in [0.1, 0.15) is 6.61 Å². The molecule has 6 nitrogen and oxygen atoms in total. The van der Waals surface area contributed by atoms with Crippen molar-refractivity contribution in [1.29, 1.82) is 0 Å². The van der Waals surface area contributed by atoms with E-state index in [0.717, 1.165) is 6.07 Å². The van der Waals surface area contributed by atoms with Gasteiger partial charge in [-0.1, -0.05) is 6.07 Å². The van der Waals surface area contributed by atoms with Crippen molar-refractivity contribution in [3.63, 3.8) is 0 Å². The van der Waals surface area contributed by atoms with Gasteiger partial charge in [-0.15, -0.1) is 0 Å². The lowest BCUT2D eigenvalue weighted by Crippen LogP contribution is -2.62. The number of alkyl carbamates (subject to hydrolysis) is 1. The molecule has 0 bridgehead atoms. The molecule has 0 unspecified atom stereocenters. The number of likely N-dealkylation sites (tertiary alicyclic amines) is 1. The molecule has 1 N–H and O–H groups in total. The smallest absolute Gasteiger partial charge is 0.419 e. The molecule has 2 aliphatic heterocycles. The number of nitrogens with one attached hydrogen (secondary N) is 1. The number of carbonyl (C=O) groups is 2. The Hall–Kier alpha value is -2.43. The fourth-order valence-electron chi connectivity index (χ4n) is 3.88. The first-order valence-corrected chi connectivity index (χ1v) is 8.97. The van der Waals surface area contributed by atoms with E-state index in [9.17, 15) is 31.5 Å². The molecule has 3 aliphatic rings. The lowest BCUT2D eigenvalue weighted by molar-refractivity contribution is -0.155. The van der Waals surface area contributed by atoms with E-state index < -0.39 is 47.7 Å². The number of alkyl halides is 3. The van der Waals surface area contributed by atoms with Crippen LogP contribution in [0.15, 0.2) is 12.1 Å². The zero-order valence-electron chi connectivity index (χ0n) is 15.0. The minimum absolute atomic E-state index is 0.0802. The summed E-state index contributed by atoms with van der Waals surface area (Å²) in [5.74, 6) is -3.85. The summed E-state index contributed by atoms with van der Waals surface area (Å²) in [6, 6.07) is 1.32. The van der Waals surface area contributed by atoms with E-state index in [-0.39, 0.29) is 37.1 Å². The van der Waals surface area contributed by atoms with Crippen molar-refractivity contribution in [3.05, 3.63) is 34.9 Å². The number of hydrogen-bond acceptors (Lipinski definition) is 4. The minimum Gasteiger partial charge on any atom is -0.447 e. The summed E-state index contributed by atoms with van der Waals surface area (Å²) in [6.45, 7) is 0.367. The zero-order valence-corrected chi connectivity index (χ0v) is 15.0. The van der Waals surface area contributed by atoms with Crippen LogP contribution in [-0.4, -0.2) is 48.2 Å². The molecule has 1 aromatic rings. The Balaban J connectivity index is 1.24. The highest BCUT2D eigenvalue weighted by Crippen LogP contribution is 2.42. The monoisotopic (exact) mass is 420 g/mol. The van der Waals surface area contributed by atoms with Gasteiger partial charge < -0.3 is 19.7 Å². The molecule has 11 heteroatoms. The van der Waals surface area contributed by atoms with Gasteiger partial charge in [-0.05, 0) is 18.9 Å². The molecule has 1 saturated carbocycles. The van der Waals surface area contributed by atoms with Gasteiger partial charge in [0.05, 0.1) is 23.8 Å². The Kier molecular flexibility index (Phi) is 4.67.